The van der Waals surface area contributed by atoms with Gasteiger partial charge in [0.15, 0.2) is 0 Å². The first-order valence-corrected chi connectivity index (χ1v) is 5.78. The monoisotopic (exact) mass is 265 g/mol. The van der Waals surface area contributed by atoms with Gasteiger partial charge < -0.3 is 4.74 Å². The van der Waals surface area contributed by atoms with Crippen LogP contribution in [-0.2, 0) is 0 Å². The van der Waals surface area contributed by atoms with E-state index in [0.717, 1.165) is 34.2 Å². The summed E-state index contributed by atoms with van der Waals surface area (Å²) < 4.78 is 6.69. The van der Waals surface area contributed by atoms with E-state index in [4.69, 9.17) is 4.74 Å². The molecule has 0 aliphatic rings. The number of halogens is 1. The largest absolute Gasteiger partial charge is 0.491 e. The molecule has 0 unspecified atom stereocenters. The molecule has 15 heavy (non-hydrogen) atoms. The fourth-order valence-electron chi connectivity index (χ4n) is 1.44. The number of rotatable bonds is 3. The van der Waals surface area contributed by atoms with Gasteiger partial charge in [0.1, 0.15) is 11.3 Å². The van der Waals surface area contributed by atoms with E-state index in [1.54, 1.807) is 6.20 Å². The Morgan fingerprint density at radius 3 is 3.00 bits per heavy atom. The van der Waals surface area contributed by atoms with Crippen LogP contribution in [0.2, 0.25) is 0 Å². The third kappa shape index (κ3) is 2.12. The lowest BCUT2D eigenvalue weighted by atomic mass is 10.2. The van der Waals surface area contributed by atoms with E-state index in [1.165, 1.54) is 0 Å². The maximum absolute atomic E-state index is 5.64. The zero-order valence-electron chi connectivity index (χ0n) is 8.53. The van der Waals surface area contributed by atoms with Crippen LogP contribution in [0.5, 0.6) is 5.75 Å². The molecule has 0 bridgehead atoms. The highest BCUT2D eigenvalue weighted by Gasteiger charge is 2.05. The molecule has 78 valence electrons. The highest BCUT2D eigenvalue weighted by atomic mass is 79.9. The number of benzene rings is 1. The van der Waals surface area contributed by atoms with E-state index in [1.807, 2.05) is 24.3 Å². The van der Waals surface area contributed by atoms with Gasteiger partial charge in [-0.2, -0.15) is 0 Å². The summed E-state index contributed by atoms with van der Waals surface area (Å²) in [5, 5.41) is 1.09. The zero-order valence-corrected chi connectivity index (χ0v) is 10.1. The van der Waals surface area contributed by atoms with Gasteiger partial charge in [-0.1, -0.05) is 28.9 Å². The third-order valence-corrected chi connectivity index (χ3v) is 2.83. The molecule has 3 heteroatoms. The van der Waals surface area contributed by atoms with Crippen molar-refractivity contribution in [3.05, 3.63) is 34.9 Å². The van der Waals surface area contributed by atoms with Crippen LogP contribution < -0.4 is 4.74 Å². The Bertz CT molecular complexity index is 470. The Kier molecular flexibility index (Phi) is 3.21. The van der Waals surface area contributed by atoms with Crippen molar-refractivity contribution in [3.8, 4) is 5.75 Å². The van der Waals surface area contributed by atoms with Crippen molar-refractivity contribution in [1.82, 2.24) is 4.98 Å². The molecule has 0 spiro atoms. The van der Waals surface area contributed by atoms with Crippen LogP contribution in [0.25, 0.3) is 10.9 Å². The van der Waals surface area contributed by atoms with E-state index in [0.29, 0.717) is 0 Å². The van der Waals surface area contributed by atoms with Crippen LogP contribution in [0, 0.1) is 0 Å². The Labute approximate surface area is 97.4 Å². The second kappa shape index (κ2) is 4.62. The van der Waals surface area contributed by atoms with Gasteiger partial charge in [-0.3, -0.25) is 4.98 Å². The van der Waals surface area contributed by atoms with Gasteiger partial charge in [0.25, 0.3) is 0 Å². The first kappa shape index (κ1) is 10.4. The fraction of sp³-hybridized carbons (Fsp3) is 0.250. The predicted octanol–water partition coefficient (Wildman–Crippen LogP) is 3.79. The average molecular weight is 266 g/mol. The Hall–Kier alpha value is -1.09. The molecule has 2 rings (SSSR count). The number of pyridine rings is 1. The van der Waals surface area contributed by atoms with Crippen molar-refractivity contribution in [1.29, 1.82) is 0 Å². The summed E-state index contributed by atoms with van der Waals surface area (Å²) in [7, 11) is 0. The molecule has 0 fully saturated rings. The molecule has 0 saturated heterocycles. The molecular weight excluding hydrogens is 254 g/mol. The molecule has 0 atom stereocenters. The van der Waals surface area contributed by atoms with Crippen LogP contribution in [-0.4, -0.2) is 11.6 Å². The Morgan fingerprint density at radius 2 is 2.20 bits per heavy atom. The summed E-state index contributed by atoms with van der Waals surface area (Å²) >= 11 is 3.50. The molecule has 2 aromatic rings. The molecular formula is C12H12BrNO. The van der Waals surface area contributed by atoms with Crippen molar-refractivity contribution < 1.29 is 4.74 Å². The molecule has 0 radical (unpaired) electrons. The van der Waals surface area contributed by atoms with Crippen LogP contribution in [0.3, 0.4) is 0 Å². The van der Waals surface area contributed by atoms with Crippen molar-refractivity contribution >= 4 is 26.8 Å². The lowest BCUT2D eigenvalue weighted by Gasteiger charge is -2.08. The third-order valence-electron chi connectivity index (χ3n) is 2.14. The molecule has 0 N–H and O–H groups in total. The Balaban J connectivity index is 2.51. The van der Waals surface area contributed by atoms with Gasteiger partial charge in [0, 0.05) is 16.1 Å². The number of ether oxygens (including phenoxy) is 1. The van der Waals surface area contributed by atoms with E-state index in [9.17, 15) is 0 Å². The summed E-state index contributed by atoms with van der Waals surface area (Å²) in [6, 6.07) is 7.91. The van der Waals surface area contributed by atoms with Crippen molar-refractivity contribution in [3.63, 3.8) is 0 Å². The van der Waals surface area contributed by atoms with E-state index in [-0.39, 0.29) is 0 Å². The summed E-state index contributed by atoms with van der Waals surface area (Å²) in [6.07, 6.45) is 2.79. The zero-order chi connectivity index (χ0) is 10.7. The quantitative estimate of drug-likeness (QED) is 0.843. The smallest absolute Gasteiger partial charge is 0.145 e. The minimum atomic E-state index is 0.729. The predicted molar refractivity (Wildman–Crippen MR) is 65.2 cm³/mol. The molecule has 0 aliphatic carbocycles. The summed E-state index contributed by atoms with van der Waals surface area (Å²) in [5.41, 5.74) is 0.917. The van der Waals surface area contributed by atoms with Gasteiger partial charge >= 0.3 is 0 Å². The standard InChI is InChI=1S/C12H12BrNO/c1-2-8-15-11-6-5-10(13)9-4-3-7-14-12(9)11/h3-7H,2,8H2,1H3. The second-order valence-electron chi connectivity index (χ2n) is 3.29. The average Bonchev–Trinajstić information content (AvgIpc) is 2.29. The molecule has 2 nitrogen and oxygen atoms in total. The lowest BCUT2D eigenvalue weighted by Crippen LogP contribution is -1.96. The van der Waals surface area contributed by atoms with E-state index >= 15 is 0 Å². The Morgan fingerprint density at radius 1 is 1.33 bits per heavy atom. The van der Waals surface area contributed by atoms with Crippen LogP contribution in [0.1, 0.15) is 13.3 Å². The van der Waals surface area contributed by atoms with Crippen molar-refractivity contribution in [2.45, 2.75) is 13.3 Å². The number of nitrogens with zero attached hydrogens (tertiary/aromatic N) is 1. The first-order valence-electron chi connectivity index (χ1n) is 4.99. The summed E-state index contributed by atoms with van der Waals surface area (Å²) in [5.74, 6) is 0.857. The first-order chi connectivity index (χ1) is 7.33. The van der Waals surface area contributed by atoms with E-state index in [2.05, 4.69) is 27.8 Å². The van der Waals surface area contributed by atoms with Crippen molar-refractivity contribution in [2.24, 2.45) is 0 Å². The SMILES string of the molecule is CCCOc1ccc(Br)c2cccnc12. The highest BCUT2D eigenvalue weighted by Crippen LogP contribution is 2.29. The fourth-order valence-corrected chi connectivity index (χ4v) is 1.89. The minimum absolute atomic E-state index is 0.729. The molecule has 1 aromatic heterocycles. The number of aromatic nitrogens is 1. The van der Waals surface area contributed by atoms with Gasteiger partial charge in [-0.15, -0.1) is 0 Å². The number of fused-ring (bicyclic) bond motifs is 1. The van der Waals surface area contributed by atoms with Gasteiger partial charge in [0.2, 0.25) is 0 Å². The van der Waals surface area contributed by atoms with Crippen molar-refractivity contribution in [2.75, 3.05) is 6.61 Å². The second-order valence-corrected chi connectivity index (χ2v) is 4.15. The molecule has 0 aliphatic heterocycles. The van der Waals surface area contributed by atoms with Crippen LogP contribution >= 0.6 is 15.9 Å². The van der Waals surface area contributed by atoms with Gasteiger partial charge in [-0.25, -0.2) is 0 Å². The topological polar surface area (TPSA) is 22.1 Å². The highest BCUT2D eigenvalue weighted by molar-refractivity contribution is 9.10. The maximum Gasteiger partial charge on any atom is 0.145 e. The van der Waals surface area contributed by atoms with Gasteiger partial charge in [0.05, 0.1) is 6.61 Å². The molecule has 1 aromatic carbocycles. The van der Waals surface area contributed by atoms with Crippen LogP contribution in [0.15, 0.2) is 34.9 Å². The molecule has 0 saturated carbocycles. The molecule has 1 heterocycles. The van der Waals surface area contributed by atoms with E-state index < -0.39 is 0 Å². The number of hydrogen-bond donors (Lipinski definition) is 0. The lowest BCUT2D eigenvalue weighted by molar-refractivity contribution is 0.320. The maximum atomic E-state index is 5.64. The van der Waals surface area contributed by atoms with Crippen LogP contribution in [0.4, 0.5) is 0 Å². The summed E-state index contributed by atoms with van der Waals surface area (Å²) in [4.78, 5) is 4.34. The van der Waals surface area contributed by atoms with Gasteiger partial charge in [-0.05, 0) is 24.6 Å². The summed E-state index contributed by atoms with van der Waals surface area (Å²) in [6.45, 7) is 2.82. The minimum Gasteiger partial charge on any atom is -0.491 e. The normalized spacial score (nSPS) is 10.5. The molecule has 0 amide bonds. The number of hydrogen-bond acceptors (Lipinski definition) is 2.